The highest BCUT2D eigenvalue weighted by Gasteiger charge is 2.14. The lowest BCUT2D eigenvalue weighted by atomic mass is 10.1. The normalized spacial score (nSPS) is 10.9. The number of benzene rings is 2. The summed E-state index contributed by atoms with van der Waals surface area (Å²) in [6.07, 6.45) is 1.26. The van der Waals surface area contributed by atoms with Crippen LogP contribution in [0.1, 0.15) is 19.5 Å². The van der Waals surface area contributed by atoms with Gasteiger partial charge < -0.3 is 14.0 Å². The first-order valence-electron chi connectivity index (χ1n) is 10.2. The molecular weight excluding hydrogens is 394 g/mol. The molecule has 0 radical (unpaired) electrons. The number of para-hydroxylation sites is 1. The highest BCUT2D eigenvalue weighted by molar-refractivity contribution is 5.88. The Kier molecular flexibility index (Phi) is 5.88. The minimum atomic E-state index is -0.531. The van der Waals surface area contributed by atoms with Crippen LogP contribution in [0.15, 0.2) is 54.9 Å². The number of carbonyl (C=O) groups excluding carboxylic acids is 1. The van der Waals surface area contributed by atoms with Crippen molar-refractivity contribution in [3.8, 4) is 17.0 Å². The maximum atomic E-state index is 12.4. The van der Waals surface area contributed by atoms with E-state index >= 15 is 0 Å². The minimum Gasteiger partial charge on any atom is -0.496 e. The van der Waals surface area contributed by atoms with E-state index in [0.29, 0.717) is 12.2 Å². The first-order chi connectivity index (χ1) is 15.1. The number of anilines is 1. The van der Waals surface area contributed by atoms with Crippen molar-refractivity contribution in [2.24, 2.45) is 0 Å². The van der Waals surface area contributed by atoms with Gasteiger partial charge in [0.2, 0.25) is 0 Å². The Hall–Kier alpha value is -3.81. The number of nitrogens with zero attached hydrogens (tertiary/aromatic N) is 4. The molecule has 0 aliphatic carbocycles. The highest BCUT2D eigenvalue weighted by atomic mass is 16.5. The summed E-state index contributed by atoms with van der Waals surface area (Å²) in [7, 11) is 1.63. The molecule has 0 fully saturated rings. The van der Waals surface area contributed by atoms with Crippen molar-refractivity contribution in [3.05, 3.63) is 60.6 Å². The number of aromatic nitrogens is 4. The van der Waals surface area contributed by atoms with Gasteiger partial charge in [-0.2, -0.15) is 5.10 Å². The Labute approximate surface area is 180 Å². The zero-order valence-corrected chi connectivity index (χ0v) is 17.8. The molecule has 4 rings (SSSR count). The molecule has 2 aromatic heterocycles. The summed E-state index contributed by atoms with van der Waals surface area (Å²) < 4.78 is 14.7. The standard InChI is InChI=1S/C23H25N5O3/c1-4-27-15-24-20-12-16(10-11-21(20)27)25-23(29)31-14-17-13-19(26-28(17)5-2)18-8-6-7-9-22(18)30-3/h6-13,15H,4-5,14H2,1-3H3,(H,25,29). The highest BCUT2D eigenvalue weighted by Crippen LogP contribution is 2.29. The number of carbonyl (C=O) groups is 1. The Morgan fingerprint density at radius 1 is 1.10 bits per heavy atom. The number of aryl methyl sites for hydroxylation is 2. The number of hydrogen-bond donors (Lipinski definition) is 1. The molecule has 1 N–H and O–H groups in total. The van der Waals surface area contributed by atoms with Crippen LogP contribution < -0.4 is 10.1 Å². The predicted molar refractivity (Wildman–Crippen MR) is 119 cm³/mol. The molecule has 31 heavy (non-hydrogen) atoms. The van der Waals surface area contributed by atoms with E-state index in [1.54, 1.807) is 13.4 Å². The van der Waals surface area contributed by atoms with E-state index in [0.717, 1.165) is 40.3 Å². The summed E-state index contributed by atoms with van der Waals surface area (Å²) >= 11 is 0. The number of amides is 1. The molecule has 0 saturated carbocycles. The number of ether oxygens (including phenoxy) is 2. The minimum absolute atomic E-state index is 0.106. The average molecular weight is 419 g/mol. The second-order valence-corrected chi connectivity index (χ2v) is 6.97. The Balaban J connectivity index is 1.45. The summed E-state index contributed by atoms with van der Waals surface area (Å²) in [5.41, 5.74) is 4.95. The zero-order chi connectivity index (χ0) is 21.8. The average Bonchev–Trinajstić information content (AvgIpc) is 3.40. The lowest BCUT2D eigenvalue weighted by Gasteiger charge is -2.08. The van der Waals surface area contributed by atoms with Crippen LogP contribution >= 0.6 is 0 Å². The third kappa shape index (κ3) is 4.23. The topological polar surface area (TPSA) is 83.2 Å². The van der Waals surface area contributed by atoms with Gasteiger partial charge in [0.05, 0.1) is 35.9 Å². The quantitative estimate of drug-likeness (QED) is 0.470. The predicted octanol–water partition coefficient (Wildman–Crippen LogP) is 4.70. The molecule has 2 heterocycles. The monoisotopic (exact) mass is 419 g/mol. The van der Waals surface area contributed by atoms with Crippen LogP contribution in [0.5, 0.6) is 5.75 Å². The van der Waals surface area contributed by atoms with E-state index < -0.39 is 6.09 Å². The van der Waals surface area contributed by atoms with Crippen LogP contribution in [0.25, 0.3) is 22.3 Å². The van der Waals surface area contributed by atoms with Gasteiger partial charge in [-0.25, -0.2) is 9.78 Å². The van der Waals surface area contributed by atoms with Gasteiger partial charge in [0.1, 0.15) is 12.4 Å². The molecule has 8 nitrogen and oxygen atoms in total. The molecule has 0 aliphatic rings. The fourth-order valence-corrected chi connectivity index (χ4v) is 3.52. The summed E-state index contributed by atoms with van der Waals surface area (Å²) in [6, 6.07) is 15.2. The van der Waals surface area contributed by atoms with Gasteiger partial charge in [-0.1, -0.05) is 12.1 Å². The lowest BCUT2D eigenvalue weighted by molar-refractivity contribution is 0.151. The molecule has 0 unspecified atom stereocenters. The van der Waals surface area contributed by atoms with Crippen LogP contribution in [-0.4, -0.2) is 32.5 Å². The number of hydrogen-bond acceptors (Lipinski definition) is 5. The van der Waals surface area contributed by atoms with E-state index in [2.05, 4.69) is 22.3 Å². The van der Waals surface area contributed by atoms with Crippen LogP contribution in [0, 0.1) is 0 Å². The summed E-state index contributed by atoms with van der Waals surface area (Å²) in [4.78, 5) is 16.7. The smallest absolute Gasteiger partial charge is 0.412 e. The second-order valence-electron chi connectivity index (χ2n) is 6.97. The van der Waals surface area contributed by atoms with Crippen molar-refractivity contribution >= 4 is 22.8 Å². The van der Waals surface area contributed by atoms with E-state index in [1.165, 1.54) is 0 Å². The largest absolute Gasteiger partial charge is 0.496 e. The van der Waals surface area contributed by atoms with E-state index in [-0.39, 0.29) is 6.61 Å². The van der Waals surface area contributed by atoms with Crippen LogP contribution in [0.2, 0.25) is 0 Å². The van der Waals surface area contributed by atoms with Crippen molar-refractivity contribution in [3.63, 3.8) is 0 Å². The van der Waals surface area contributed by atoms with Gasteiger partial charge in [-0.15, -0.1) is 0 Å². The van der Waals surface area contributed by atoms with Crippen molar-refractivity contribution in [1.82, 2.24) is 19.3 Å². The Bertz CT molecular complexity index is 1210. The summed E-state index contributed by atoms with van der Waals surface area (Å²) in [5.74, 6) is 0.745. The fraction of sp³-hybridized carbons (Fsp3) is 0.261. The first kappa shape index (κ1) is 20.5. The molecular formula is C23H25N5O3. The molecule has 0 saturated heterocycles. The van der Waals surface area contributed by atoms with Gasteiger partial charge >= 0.3 is 6.09 Å². The van der Waals surface area contributed by atoms with Crippen LogP contribution in [0.3, 0.4) is 0 Å². The maximum Gasteiger partial charge on any atom is 0.412 e. The Morgan fingerprint density at radius 3 is 2.71 bits per heavy atom. The molecule has 1 amide bonds. The van der Waals surface area contributed by atoms with Crippen molar-refractivity contribution in [2.75, 3.05) is 12.4 Å². The van der Waals surface area contributed by atoms with Gasteiger partial charge in [-0.05, 0) is 50.2 Å². The molecule has 0 bridgehead atoms. The van der Waals surface area contributed by atoms with Crippen molar-refractivity contribution in [2.45, 2.75) is 33.5 Å². The van der Waals surface area contributed by atoms with Gasteiger partial charge in [0.25, 0.3) is 0 Å². The van der Waals surface area contributed by atoms with Gasteiger partial charge in [0.15, 0.2) is 0 Å². The number of fused-ring (bicyclic) bond motifs is 1. The SMILES string of the molecule is CCn1nc(-c2ccccc2OC)cc1COC(=O)Nc1ccc2c(c1)ncn2CC. The summed E-state index contributed by atoms with van der Waals surface area (Å²) in [5, 5.41) is 7.39. The number of nitrogens with one attached hydrogen (secondary N) is 1. The van der Waals surface area contributed by atoms with E-state index in [4.69, 9.17) is 9.47 Å². The molecule has 0 atom stereocenters. The Morgan fingerprint density at radius 2 is 1.94 bits per heavy atom. The molecule has 160 valence electrons. The maximum absolute atomic E-state index is 12.4. The third-order valence-electron chi connectivity index (χ3n) is 5.11. The number of rotatable bonds is 7. The van der Waals surface area contributed by atoms with E-state index in [1.807, 2.05) is 64.7 Å². The van der Waals surface area contributed by atoms with E-state index in [9.17, 15) is 4.79 Å². The van der Waals surface area contributed by atoms with Gasteiger partial charge in [-0.3, -0.25) is 10.00 Å². The number of methoxy groups -OCH3 is 1. The molecule has 0 spiro atoms. The van der Waals surface area contributed by atoms with Crippen LogP contribution in [-0.2, 0) is 24.4 Å². The van der Waals surface area contributed by atoms with Crippen molar-refractivity contribution in [1.29, 1.82) is 0 Å². The fourth-order valence-electron chi connectivity index (χ4n) is 3.52. The third-order valence-corrected chi connectivity index (χ3v) is 5.11. The molecule has 2 aromatic carbocycles. The zero-order valence-electron chi connectivity index (χ0n) is 17.8. The first-order valence-corrected chi connectivity index (χ1v) is 10.2. The number of imidazole rings is 1. The summed E-state index contributed by atoms with van der Waals surface area (Å²) in [6.45, 7) is 5.66. The van der Waals surface area contributed by atoms with Gasteiger partial charge in [0, 0.05) is 24.3 Å². The van der Waals surface area contributed by atoms with Crippen LogP contribution in [0.4, 0.5) is 10.5 Å². The lowest BCUT2D eigenvalue weighted by Crippen LogP contribution is -2.15. The second kappa shape index (κ2) is 8.91. The molecule has 0 aliphatic heterocycles. The molecule has 4 aromatic rings. The molecule has 8 heteroatoms. The van der Waals surface area contributed by atoms with Crippen molar-refractivity contribution < 1.29 is 14.3 Å².